The van der Waals surface area contributed by atoms with Gasteiger partial charge in [0.2, 0.25) is 11.9 Å². The highest BCUT2D eigenvalue weighted by Gasteiger charge is 2.20. The fraction of sp³-hybridized carbons (Fsp3) is 0.0476. The highest BCUT2D eigenvalue weighted by Crippen LogP contribution is 2.33. The maximum Gasteiger partial charge on any atom is 0.220 e. The lowest BCUT2D eigenvalue weighted by Crippen LogP contribution is -2.07. The molecule has 4 N–H and O–H groups in total. The zero-order valence-corrected chi connectivity index (χ0v) is 15.3. The van der Waals surface area contributed by atoms with Gasteiger partial charge in [0.05, 0.1) is 16.6 Å². The van der Waals surface area contributed by atoms with Gasteiger partial charge in [0, 0.05) is 36.8 Å². The first kappa shape index (κ1) is 16.9. The molecule has 0 aliphatic heterocycles. The molecule has 4 heterocycles. The van der Waals surface area contributed by atoms with Crippen LogP contribution in [-0.4, -0.2) is 24.3 Å². The monoisotopic (exact) mass is 383 g/mol. The summed E-state index contributed by atoms with van der Waals surface area (Å²) in [5.74, 6) is 0.769. The number of aromatic amines is 1. The summed E-state index contributed by atoms with van der Waals surface area (Å²) in [6.45, 7) is 0.597. The molecule has 0 saturated carbocycles. The van der Waals surface area contributed by atoms with Crippen LogP contribution in [-0.2, 0) is 6.54 Å². The summed E-state index contributed by atoms with van der Waals surface area (Å²) in [4.78, 5) is 28.8. The zero-order chi connectivity index (χ0) is 19.8. The minimum absolute atomic E-state index is 0.108. The van der Waals surface area contributed by atoms with Crippen LogP contribution in [0.15, 0.2) is 71.9 Å². The Bertz CT molecular complexity index is 1390. The number of fused-ring (bicyclic) bond motifs is 3. The van der Waals surface area contributed by atoms with E-state index in [0.29, 0.717) is 34.8 Å². The van der Waals surface area contributed by atoms with Gasteiger partial charge in [-0.15, -0.1) is 0 Å². The maximum absolute atomic E-state index is 12.8. The topological polar surface area (TPSA) is 114 Å². The van der Waals surface area contributed by atoms with Crippen molar-refractivity contribution < 1.29 is 0 Å². The molecule has 0 fully saturated rings. The molecular weight excluding hydrogens is 366 g/mol. The van der Waals surface area contributed by atoms with Crippen molar-refractivity contribution in [2.75, 3.05) is 11.1 Å². The summed E-state index contributed by atoms with van der Waals surface area (Å²) in [6.07, 6.45) is 4.92. The molecule has 5 rings (SSSR count). The molecule has 0 unspecified atom stereocenters. The number of nitrogen functional groups attached to an aromatic ring is 1. The first-order valence-corrected chi connectivity index (χ1v) is 9.10. The summed E-state index contributed by atoms with van der Waals surface area (Å²) in [5, 5.41) is 3.89. The Hall–Kier alpha value is -4.20. The molecule has 0 bridgehead atoms. The molecule has 0 spiro atoms. The fourth-order valence-electron chi connectivity index (χ4n) is 3.53. The Balaban J connectivity index is 1.76. The molecule has 1 aromatic carbocycles. The van der Waals surface area contributed by atoms with Crippen LogP contribution in [0.3, 0.4) is 0 Å². The summed E-state index contributed by atoms with van der Waals surface area (Å²) in [6, 6.07) is 15.1. The molecule has 0 radical (unpaired) electrons. The van der Waals surface area contributed by atoms with Crippen LogP contribution in [0.25, 0.3) is 27.8 Å². The van der Waals surface area contributed by atoms with E-state index < -0.39 is 0 Å². The van der Waals surface area contributed by atoms with E-state index >= 15 is 0 Å². The number of H-pyrrole nitrogens is 1. The van der Waals surface area contributed by atoms with Gasteiger partial charge in [-0.25, -0.2) is 15.0 Å². The highest BCUT2D eigenvalue weighted by atomic mass is 16.1. The third kappa shape index (κ3) is 2.87. The minimum Gasteiger partial charge on any atom is -0.368 e. The van der Waals surface area contributed by atoms with Gasteiger partial charge in [-0.1, -0.05) is 30.3 Å². The van der Waals surface area contributed by atoms with Crippen molar-refractivity contribution in [3.05, 3.63) is 82.9 Å². The summed E-state index contributed by atoms with van der Waals surface area (Å²) < 4.78 is 1.90. The Morgan fingerprint density at radius 3 is 2.69 bits per heavy atom. The number of nitrogens with two attached hydrogens (primary N) is 1. The van der Waals surface area contributed by atoms with Crippen molar-refractivity contribution in [1.82, 2.24) is 24.3 Å². The molecular formula is C21H17N7O. The smallest absolute Gasteiger partial charge is 0.220 e. The van der Waals surface area contributed by atoms with E-state index in [-0.39, 0.29) is 11.4 Å². The van der Waals surface area contributed by atoms with Crippen LogP contribution in [0.4, 0.5) is 11.9 Å². The van der Waals surface area contributed by atoms with Crippen molar-refractivity contribution in [2.24, 2.45) is 0 Å². The SMILES string of the molecule is Nc1nccc(-c2c3c(=O)cc[nH]c3n3c(NCc4ccccc4)nccc23)n1. The van der Waals surface area contributed by atoms with Crippen molar-refractivity contribution >= 4 is 28.4 Å². The number of rotatable bonds is 4. The molecule has 0 aliphatic carbocycles. The van der Waals surface area contributed by atoms with E-state index in [1.165, 1.54) is 6.07 Å². The van der Waals surface area contributed by atoms with Crippen LogP contribution >= 0.6 is 0 Å². The van der Waals surface area contributed by atoms with Crippen LogP contribution in [0.1, 0.15) is 5.56 Å². The average molecular weight is 383 g/mol. The van der Waals surface area contributed by atoms with Gasteiger partial charge in [0.1, 0.15) is 5.65 Å². The number of pyridine rings is 1. The summed E-state index contributed by atoms with van der Waals surface area (Å²) in [7, 11) is 0. The largest absolute Gasteiger partial charge is 0.368 e. The van der Waals surface area contributed by atoms with Crippen LogP contribution in [0, 0.1) is 0 Å². The van der Waals surface area contributed by atoms with Crippen LogP contribution in [0.5, 0.6) is 0 Å². The fourth-order valence-corrected chi connectivity index (χ4v) is 3.53. The Morgan fingerprint density at radius 1 is 1.03 bits per heavy atom. The first-order valence-electron chi connectivity index (χ1n) is 9.10. The van der Waals surface area contributed by atoms with E-state index in [2.05, 4.69) is 25.3 Å². The van der Waals surface area contributed by atoms with E-state index in [9.17, 15) is 4.79 Å². The molecule has 8 nitrogen and oxygen atoms in total. The second-order valence-corrected chi connectivity index (χ2v) is 6.57. The molecule has 4 aromatic heterocycles. The van der Waals surface area contributed by atoms with Crippen molar-refractivity contribution in [3.8, 4) is 11.3 Å². The van der Waals surface area contributed by atoms with Gasteiger partial charge >= 0.3 is 0 Å². The van der Waals surface area contributed by atoms with E-state index in [1.807, 2.05) is 40.8 Å². The Labute approximate surface area is 165 Å². The molecule has 0 amide bonds. The third-order valence-electron chi connectivity index (χ3n) is 4.77. The quantitative estimate of drug-likeness (QED) is 0.440. The molecule has 0 atom stereocenters. The number of hydrogen-bond acceptors (Lipinski definition) is 6. The van der Waals surface area contributed by atoms with Gasteiger partial charge < -0.3 is 16.0 Å². The Morgan fingerprint density at radius 2 is 1.86 bits per heavy atom. The number of nitrogens with one attached hydrogen (secondary N) is 2. The number of nitrogens with zero attached hydrogens (tertiary/aromatic N) is 4. The predicted octanol–water partition coefficient (Wildman–Crippen LogP) is 2.83. The number of anilines is 2. The first-order chi connectivity index (χ1) is 14.2. The number of benzene rings is 1. The highest BCUT2D eigenvalue weighted by molar-refractivity contribution is 6.03. The zero-order valence-electron chi connectivity index (χ0n) is 15.3. The van der Waals surface area contributed by atoms with Gasteiger partial charge in [-0.2, -0.15) is 0 Å². The normalized spacial score (nSPS) is 11.2. The molecule has 142 valence electrons. The van der Waals surface area contributed by atoms with Crippen molar-refractivity contribution in [3.63, 3.8) is 0 Å². The van der Waals surface area contributed by atoms with Gasteiger partial charge in [-0.05, 0) is 17.7 Å². The lowest BCUT2D eigenvalue weighted by Gasteiger charge is -2.09. The molecule has 29 heavy (non-hydrogen) atoms. The van der Waals surface area contributed by atoms with E-state index in [1.54, 1.807) is 24.7 Å². The average Bonchev–Trinajstić information content (AvgIpc) is 3.09. The third-order valence-corrected chi connectivity index (χ3v) is 4.77. The van der Waals surface area contributed by atoms with Gasteiger partial charge in [0.15, 0.2) is 5.43 Å². The van der Waals surface area contributed by atoms with E-state index in [4.69, 9.17) is 5.73 Å². The van der Waals surface area contributed by atoms with Crippen LogP contribution < -0.4 is 16.5 Å². The molecule has 0 saturated heterocycles. The van der Waals surface area contributed by atoms with Crippen LogP contribution in [0.2, 0.25) is 0 Å². The number of aromatic nitrogens is 5. The maximum atomic E-state index is 12.8. The second kappa shape index (κ2) is 6.75. The lowest BCUT2D eigenvalue weighted by molar-refractivity contribution is 1.03. The second-order valence-electron chi connectivity index (χ2n) is 6.57. The summed E-state index contributed by atoms with van der Waals surface area (Å²) >= 11 is 0. The van der Waals surface area contributed by atoms with Crippen molar-refractivity contribution in [2.45, 2.75) is 6.54 Å². The molecule has 5 aromatic rings. The predicted molar refractivity (Wildman–Crippen MR) is 113 cm³/mol. The van der Waals surface area contributed by atoms with Gasteiger partial charge in [-0.3, -0.25) is 9.20 Å². The lowest BCUT2D eigenvalue weighted by atomic mass is 10.1. The Kier molecular flexibility index (Phi) is 3.94. The minimum atomic E-state index is -0.108. The standard InChI is InChI=1S/C21H17N7O/c22-20-24-9-6-14(27-20)17-15-7-10-25-21(26-12-13-4-2-1-3-5-13)28(15)19-18(17)16(29)8-11-23-19/h1-11H,12H2,(H,23,29)(H,25,26)(H2,22,24,27). The van der Waals surface area contributed by atoms with Crippen molar-refractivity contribution in [1.29, 1.82) is 0 Å². The molecule has 8 heteroatoms. The molecule has 0 aliphatic rings. The summed E-state index contributed by atoms with van der Waals surface area (Å²) in [5.41, 5.74) is 9.53. The van der Waals surface area contributed by atoms with E-state index in [0.717, 1.165) is 11.1 Å². The number of hydrogen-bond donors (Lipinski definition) is 3. The van der Waals surface area contributed by atoms with Gasteiger partial charge in [0.25, 0.3) is 0 Å².